The van der Waals surface area contributed by atoms with Gasteiger partial charge in [0.05, 0.1) is 23.4 Å². The number of fused-ring (bicyclic) bond motifs is 1. The van der Waals surface area contributed by atoms with E-state index in [0.717, 1.165) is 17.7 Å². The Balaban J connectivity index is 0.00000220. The number of hydrogen-bond acceptors (Lipinski definition) is 4. The molecule has 0 amide bonds. The first kappa shape index (κ1) is 18.1. The number of ether oxygens (including phenoxy) is 1. The summed E-state index contributed by atoms with van der Waals surface area (Å²) in [5, 5.41) is 23.0. The van der Waals surface area contributed by atoms with Crippen LogP contribution >= 0.6 is 24.0 Å². The minimum Gasteiger partial charge on any atom is -0.386 e. The number of alkyl halides is 1. The van der Waals surface area contributed by atoms with Crippen molar-refractivity contribution < 1.29 is 9.84 Å². The maximum Gasteiger partial charge on any atom is 0.127 e. The number of nitrogens with zero attached hydrogens (tertiary/aromatic N) is 1. The average Bonchev–Trinajstić information content (AvgIpc) is 2.43. The monoisotopic (exact) mass is 330 g/mol. The molecule has 0 saturated heterocycles. The minimum atomic E-state index is -1.11. The van der Waals surface area contributed by atoms with Gasteiger partial charge in [-0.1, -0.05) is 6.08 Å². The molecule has 6 heteroatoms. The van der Waals surface area contributed by atoms with Gasteiger partial charge in [-0.2, -0.15) is 5.26 Å². The van der Waals surface area contributed by atoms with Crippen LogP contribution in [-0.4, -0.2) is 35.3 Å². The van der Waals surface area contributed by atoms with Crippen molar-refractivity contribution in [3.8, 4) is 6.07 Å². The standard InChI is InChI=1S/C15H19ClN2O2.ClH/c1-10-15(2,19)14(18-7-3-6-16)12-8-11(9-17)4-5-13(12)20-10;/h4-5,8,10,13,18-19H,3,6-7H2,1-2H3;1H/t10-,13+,15?;/m1./s1. The van der Waals surface area contributed by atoms with E-state index in [1.807, 2.05) is 13.0 Å². The molecule has 4 nitrogen and oxygen atoms in total. The predicted molar refractivity (Wildman–Crippen MR) is 85.4 cm³/mol. The van der Waals surface area contributed by atoms with Crippen LogP contribution in [0.4, 0.5) is 0 Å². The summed E-state index contributed by atoms with van der Waals surface area (Å²) in [6.45, 7) is 4.25. The molecule has 0 radical (unpaired) electrons. The van der Waals surface area contributed by atoms with E-state index in [9.17, 15) is 5.11 Å². The molecule has 1 aliphatic carbocycles. The van der Waals surface area contributed by atoms with E-state index in [0.29, 0.717) is 18.0 Å². The van der Waals surface area contributed by atoms with Crippen molar-refractivity contribution in [3.05, 3.63) is 35.1 Å². The first-order valence-corrected chi connectivity index (χ1v) is 7.26. The fourth-order valence-electron chi connectivity index (χ4n) is 2.40. The molecule has 116 valence electrons. The summed E-state index contributed by atoms with van der Waals surface area (Å²) in [5.41, 5.74) is 0.993. The number of nitrogens with one attached hydrogen (secondary N) is 1. The first-order valence-electron chi connectivity index (χ1n) is 6.73. The highest BCUT2D eigenvalue weighted by Crippen LogP contribution is 2.36. The Bertz CT molecular complexity index is 518. The molecular formula is C15H20Cl2N2O2. The lowest BCUT2D eigenvalue weighted by Crippen LogP contribution is -2.52. The molecule has 2 rings (SSSR count). The molecule has 1 aliphatic heterocycles. The number of hydrogen-bond donors (Lipinski definition) is 2. The quantitative estimate of drug-likeness (QED) is 0.613. The third-order valence-electron chi connectivity index (χ3n) is 3.75. The summed E-state index contributed by atoms with van der Waals surface area (Å²) in [6.07, 6.45) is 5.62. The van der Waals surface area contributed by atoms with Crippen molar-refractivity contribution in [3.63, 3.8) is 0 Å². The van der Waals surface area contributed by atoms with E-state index in [2.05, 4.69) is 11.4 Å². The molecule has 0 spiro atoms. The first-order chi connectivity index (χ1) is 9.50. The summed E-state index contributed by atoms with van der Waals surface area (Å²) in [6, 6.07) is 2.12. The van der Waals surface area contributed by atoms with E-state index < -0.39 is 5.60 Å². The minimum absolute atomic E-state index is 0. The Hall–Kier alpha value is -0.990. The van der Waals surface area contributed by atoms with Gasteiger partial charge in [0.25, 0.3) is 0 Å². The second kappa shape index (κ2) is 7.33. The maximum absolute atomic E-state index is 10.7. The molecule has 0 saturated carbocycles. The highest BCUT2D eigenvalue weighted by molar-refractivity contribution is 6.17. The fourth-order valence-corrected chi connectivity index (χ4v) is 2.54. The zero-order chi connectivity index (χ0) is 14.8. The Morgan fingerprint density at radius 3 is 2.90 bits per heavy atom. The van der Waals surface area contributed by atoms with Gasteiger partial charge in [0.1, 0.15) is 11.7 Å². The van der Waals surface area contributed by atoms with Crippen LogP contribution in [0, 0.1) is 11.3 Å². The molecule has 0 aromatic heterocycles. The average molecular weight is 331 g/mol. The third kappa shape index (κ3) is 3.61. The molecule has 0 fully saturated rings. The molecule has 0 aromatic carbocycles. The van der Waals surface area contributed by atoms with Gasteiger partial charge in [-0.15, -0.1) is 24.0 Å². The molecule has 1 heterocycles. The van der Waals surface area contributed by atoms with Gasteiger partial charge >= 0.3 is 0 Å². The third-order valence-corrected chi connectivity index (χ3v) is 4.01. The summed E-state index contributed by atoms with van der Waals surface area (Å²) >= 11 is 5.69. The predicted octanol–water partition coefficient (Wildman–Crippen LogP) is 2.44. The Kier molecular flexibility index (Phi) is 6.30. The second-order valence-electron chi connectivity index (χ2n) is 5.22. The van der Waals surface area contributed by atoms with Crippen molar-refractivity contribution in [1.29, 1.82) is 5.26 Å². The smallest absolute Gasteiger partial charge is 0.127 e. The molecule has 2 N–H and O–H groups in total. The van der Waals surface area contributed by atoms with Crippen LogP contribution in [0.1, 0.15) is 20.3 Å². The number of halogens is 2. The molecule has 0 aromatic rings. The zero-order valence-electron chi connectivity index (χ0n) is 12.1. The fraction of sp³-hybridized carbons (Fsp3) is 0.533. The van der Waals surface area contributed by atoms with Crippen molar-refractivity contribution in [2.24, 2.45) is 0 Å². The highest BCUT2D eigenvalue weighted by Gasteiger charge is 2.42. The Morgan fingerprint density at radius 1 is 1.57 bits per heavy atom. The van der Waals surface area contributed by atoms with Crippen LogP contribution in [0.2, 0.25) is 0 Å². The van der Waals surface area contributed by atoms with Crippen LogP contribution in [0.25, 0.3) is 0 Å². The SMILES string of the molecule is C[C@H]1O[C@H]2C=CC(C#N)=CC2=C(NCCCCl)C1(C)O.Cl. The molecule has 1 unspecified atom stereocenters. The Morgan fingerprint density at radius 2 is 2.29 bits per heavy atom. The molecule has 3 atom stereocenters. The van der Waals surface area contributed by atoms with Crippen molar-refractivity contribution in [1.82, 2.24) is 5.32 Å². The lowest BCUT2D eigenvalue weighted by molar-refractivity contribution is -0.0966. The van der Waals surface area contributed by atoms with Gasteiger partial charge in [0, 0.05) is 18.0 Å². The number of rotatable bonds is 4. The van der Waals surface area contributed by atoms with Gasteiger partial charge < -0.3 is 15.2 Å². The van der Waals surface area contributed by atoms with Gasteiger partial charge in [-0.3, -0.25) is 0 Å². The summed E-state index contributed by atoms with van der Waals surface area (Å²) in [7, 11) is 0. The van der Waals surface area contributed by atoms with Gasteiger partial charge in [0.2, 0.25) is 0 Å². The summed E-state index contributed by atoms with van der Waals surface area (Å²) < 4.78 is 5.82. The van der Waals surface area contributed by atoms with Crippen molar-refractivity contribution in [2.45, 2.75) is 38.1 Å². The van der Waals surface area contributed by atoms with Gasteiger partial charge in [0.15, 0.2) is 0 Å². The largest absolute Gasteiger partial charge is 0.386 e. The van der Waals surface area contributed by atoms with Crippen LogP contribution in [0.3, 0.4) is 0 Å². The van der Waals surface area contributed by atoms with Crippen molar-refractivity contribution >= 4 is 24.0 Å². The van der Waals surface area contributed by atoms with E-state index in [1.54, 1.807) is 19.1 Å². The number of allylic oxidation sites excluding steroid dienone is 2. The van der Waals surface area contributed by atoms with Crippen molar-refractivity contribution in [2.75, 3.05) is 12.4 Å². The van der Waals surface area contributed by atoms with E-state index >= 15 is 0 Å². The Labute approximate surface area is 136 Å². The lowest BCUT2D eigenvalue weighted by atomic mass is 9.84. The topological polar surface area (TPSA) is 65.3 Å². The molecule has 0 bridgehead atoms. The number of nitriles is 1. The van der Waals surface area contributed by atoms with Crippen LogP contribution in [0.15, 0.2) is 35.1 Å². The second-order valence-corrected chi connectivity index (χ2v) is 5.59. The van der Waals surface area contributed by atoms with Gasteiger partial charge in [-0.05, 0) is 32.4 Å². The molecular weight excluding hydrogens is 311 g/mol. The van der Waals surface area contributed by atoms with E-state index in [-0.39, 0.29) is 24.6 Å². The summed E-state index contributed by atoms with van der Waals surface area (Å²) in [5.74, 6) is 0.562. The van der Waals surface area contributed by atoms with Crippen LogP contribution in [-0.2, 0) is 4.74 Å². The highest BCUT2D eigenvalue weighted by atomic mass is 35.5. The summed E-state index contributed by atoms with van der Waals surface area (Å²) in [4.78, 5) is 0. The van der Waals surface area contributed by atoms with Crippen LogP contribution in [0.5, 0.6) is 0 Å². The zero-order valence-corrected chi connectivity index (χ0v) is 13.7. The number of aliphatic hydroxyl groups is 1. The van der Waals surface area contributed by atoms with E-state index in [1.165, 1.54) is 0 Å². The normalized spacial score (nSPS) is 30.9. The molecule has 21 heavy (non-hydrogen) atoms. The van der Waals surface area contributed by atoms with E-state index in [4.69, 9.17) is 21.6 Å². The van der Waals surface area contributed by atoms with Crippen LogP contribution < -0.4 is 5.32 Å². The van der Waals surface area contributed by atoms with Gasteiger partial charge in [-0.25, -0.2) is 0 Å². The molecule has 2 aliphatic rings. The lowest BCUT2D eigenvalue weighted by Gasteiger charge is -2.42. The maximum atomic E-state index is 10.7.